The molecule has 1 atom stereocenters. The summed E-state index contributed by atoms with van der Waals surface area (Å²) in [5.41, 5.74) is 2.36. The second kappa shape index (κ2) is 14.7. The summed E-state index contributed by atoms with van der Waals surface area (Å²) in [6, 6.07) is 7.11. The number of benzene rings is 1. The average molecular weight is 606 g/mol. The maximum atomic E-state index is 13.3. The van der Waals surface area contributed by atoms with Crippen LogP contribution in [0.3, 0.4) is 0 Å². The van der Waals surface area contributed by atoms with Crippen molar-refractivity contribution in [1.82, 2.24) is 19.8 Å². The van der Waals surface area contributed by atoms with Crippen LogP contribution in [0.15, 0.2) is 24.3 Å². The number of unbranched alkanes of at least 4 members (excludes halogenated alkanes) is 9. The first-order valence-electron chi connectivity index (χ1n) is 15.1. The molecule has 10 heteroatoms. The van der Waals surface area contributed by atoms with Gasteiger partial charge in [0.2, 0.25) is 5.91 Å². The molecule has 0 spiro atoms. The van der Waals surface area contributed by atoms with Crippen molar-refractivity contribution in [2.24, 2.45) is 5.92 Å². The molecule has 2 N–H and O–H groups in total. The number of carbonyl (C=O) groups is 1. The number of aromatic nitrogens is 4. The number of fused-ring (bicyclic) bond motifs is 1. The number of H-pyrrole nitrogens is 1. The number of nitrogens with one attached hydrogen (secondary N) is 2. The fourth-order valence-electron chi connectivity index (χ4n) is 5.17. The van der Waals surface area contributed by atoms with Crippen molar-refractivity contribution in [1.29, 1.82) is 0 Å². The highest BCUT2D eigenvalue weighted by Gasteiger charge is 2.35. The molecule has 0 saturated carbocycles. The Kier molecular flexibility index (Phi) is 11.9. The second-order valence-corrected chi connectivity index (χ2v) is 15.1. The largest absolute Gasteiger partial charge is 0.325 e. The highest BCUT2D eigenvalue weighted by Crippen LogP contribution is 2.32. The van der Waals surface area contributed by atoms with E-state index in [0.717, 1.165) is 25.0 Å². The first-order valence-corrected chi connectivity index (χ1v) is 17.2. The number of sulfone groups is 1. The summed E-state index contributed by atoms with van der Waals surface area (Å²) in [5, 5.41) is 9.98. The normalized spacial score (nSPS) is 13.3. The standard InChI is InChI=1S/C31H48ClN5O3S/c1-7-8-9-10-11-12-13-14-15-16-20-41(39,40)26(22(2)3)30(38)33-24-19-17-18-23(21-24)28-34-29-25(32)27(31(4,5)6)35-37(29)36-28/h17-19,21-22,26,35H,7-16,20H2,1-6H3,(H,33,38). The Balaban J connectivity index is 1.60. The van der Waals surface area contributed by atoms with Gasteiger partial charge in [0.15, 0.2) is 21.3 Å². The van der Waals surface area contributed by atoms with Crippen LogP contribution in [-0.4, -0.2) is 45.1 Å². The van der Waals surface area contributed by atoms with Crippen LogP contribution in [0.5, 0.6) is 0 Å². The van der Waals surface area contributed by atoms with E-state index >= 15 is 0 Å². The molecule has 228 valence electrons. The van der Waals surface area contributed by atoms with Crippen LogP contribution in [0, 0.1) is 5.92 Å². The number of hydrogen-bond donors (Lipinski definition) is 2. The van der Waals surface area contributed by atoms with Crippen LogP contribution in [0.1, 0.15) is 111 Å². The molecule has 0 fully saturated rings. The van der Waals surface area contributed by atoms with Crippen molar-refractivity contribution in [2.45, 2.75) is 116 Å². The Hall–Kier alpha value is -2.39. The number of rotatable bonds is 16. The molecule has 0 aliphatic heterocycles. The third-order valence-electron chi connectivity index (χ3n) is 7.41. The molecule has 0 bridgehead atoms. The number of hydrogen-bond acceptors (Lipinski definition) is 5. The first-order chi connectivity index (χ1) is 19.3. The Morgan fingerprint density at radius 2 is 1.63 bits per heavy atom. The molecular formula is C31H48ClN5O3S. The SMILES string of the molecule is CCCCCCCCCCCCS(=O)(=O)C(C(=O)Nc1cccc(-c2nc3c(Cl)c(C(C)(C)C)[nH]n3n2)c1)C(C)C. The van der Waals surface area contributed by atoms with Crippen molar-refractivity contribution in [3.63, 3.8) is 0 Å². The smallest absolute Gasteiger partial charge is 0.242 e. The Morgan fingerprint density at radius 1 is 1.02 bits per heavy atom. The molecule has 1 aromatic carbocycles. The predicted octanol–water partition coefficient (Wildman–Crippen LogP) is 7.97. The van der Waals surface area contributed by atoms with Gasteiger partial charge in [-0.3, -0.25) is 9.89 Å². The lowest BCUT2D eigenvalue weighted by atomic mass is 9.92. The van der Waals surface area contributed by atoms with Gasteiger partial charge in [0.05, 0.1) is 11.4 Å². The summed E-state index contributed by atoms with van der Waals surface area (Å²) in [6.07, 6.45) is 11.3. The Bertz CT molecular complexity index is 1390. The van der Waals surface area contributed by atoms with Crippen LogP contribution in [0.4, 0.5) is 5.69 Å². The van der Waals surface area contributed by atoms with E-state index in [1.54, 1.807) is 36.7 Å². The number of aromatic amines is 1. The minimum absolute atomic E-state index is 0.0295. The summed E-state index contributed by atoms with van der Waals surface area (Å²) in [4.78, 5) is 17.9. The number of nitrogens with zero attached hydrogens (tertiary/aromatic N) is 3. The summed E-state index contributed by atoms with van der Waals surface area (Å²) in [6.45, 7) is 11.9. The van der Waals surface area contributed by atoms with E-state index in [9.17, 15) is 13.2 Å². The summed E-state index contributed by atoms with van der Waals surface area (Å²) in [7, 11) is -3.60. The summed E-state index contributed by atoms with van der Waals surface area (Å²) < 4.78 is 28.0. The van der Waals surface area contributed by atoms with E-state index in [4.69, 9.17) is 11.6 Å². The maximum absolute atomic E-state index is 13.3. The second-order valence-electron chi connectivity index (χ2n) is 12.5. The molecule has 0 aliphatic rings. The van der Waals surface area contributed by atoms with Crippen molar-refractivity contribution in [3.8, 4) is 11.4 Å². The molecule has 1 amide bonds. The minimum atomic E-state index is -3.60. The van der Waals surface area contributed by atoms with Gasteiger partial charge in [0.25, 0.3) is 0 Å². The van der Waals surface area contributed by atoms with Gasteiger partial charge in [-0.15, -0.1) is 5.10 Å². The first kappa shape index (κ1) is 33.1. The molecule has 2 aromatic heterocycles. The topological polar surface area (TPSA) is 109 Å². The zero-order chi connectivity index (χ0) is 30.2. The molecule has 41 heavy (non-hydrogen) atoms. The van der Waals surface area contributed by atoms with E-state index in [1.165, 1.54) is 38.5 Å². The van der Waals surface area contributed by atoms with E-state index in [2.05, 4.69) is 48.2 Å². The van der Waals surface area contributed by atoms with Crippen molar-refractivity contribution in [2.75, 3.05) is 11.1 Å². The lowest BCUT2D eigenvalue weighted by Gasteiger charge is -2.21. The summed E-state index contributed by atoms with van der Waals surface area (Å²) in [5.74, 6) is -0.376. The van der Waals surface area contributed by atoms with E-state index in [1.807, 2.05) is 6.07 Å². The van der Waals surface area contributed by atoms with Crippen LogP contribution in [0.25, 0.3) is 17.0 Å². The van der Waals surface area contributed by atoms with E-state index in [0.29, 0.717) is 34.2 Å². The molecule has 0 radical (unpaired) electrons. The third kappa shape index (κ3) is 9.05. The summed E-state index contributed by atoms with van der Waals surface area (Å²) >= 11 is 6.57. The lowest BCUT2D eigenvalue weighted by molar-refractivity contribution is -0.116. The third-order valence-corrected chi connectivity index (χ3v) is 10.2. The monoisotopic (exact) mass is 605 g/mol. The van der Waals surface area contributed by atoms with Gasteiger partial charge in [0.1, 0.15) is 10.3 Å². The number of anilines is 1. The van der Waals surface area contributed by atoms with Gasteiger partial charge in [-0.2, -0.15) is 4.63 Å². The Morgan fingerprint density at radius 3 is 2.20 bits per heavy atom. The fourth-order valence-corrected chi connectivity index (χ4v) is 7.69. The molecule has 3 rings (SSSR count). The highest BCUT2D eigenvalue weighted by molar-refractivity contribution is 7.92. The molecule has 2 heterocycles. The quantitative estimate of drug-likeness (QED) is 0.161. The zero-order valence-electron chi connectivity index (χ0n) is 25.6. The van der Waals surface area contributed by atoms with Gasteiger partial charge < -0.3 is 5.32 Å². The van der Waals surface area contributed by atoms with Gasteiger partial charge in [-0.1, -0.05) is 123 Å². The molecule has 8 nitrogen and oxygen atoms in total. The van der Waals surface area contributed by atoms with Crippen molar-refractivity contribution in [3.05, 3.63) is 35.0 Å². The molecule has 3 aromatic rings. The van der Waals surface area contributed by atoms with E-state index in [-0.39, 0.29) is 17.1 Å². The van der Waals surface area contributed by atoms with Crippen molar-refractivity contribution >= 4 is 38.7 Å². The van der Waals surface area contributed by atoms with Gasteiger partial charge >= 0.3 is 0 Å². The number of amides is 1. The fraction of sp³-hybridized carbons (Fsp3) is 0.645. The molecule has 1 unspecified atom stereocenters. The van der Waals surface area contributed by atoms with Crippen molar-refractivity contribution < 1.29 is 13.2 Å². The Labute approximate surface area is 250 Å². The minimum Gasteiger partial charge on any atom is -0.325 e. The van der Waals surface area contributed by atoms with Gasteiger partial charge in [0, 0.05) is 16.7 Å². The molecule has 0 aliphatic carbocycles. The highest BCUT2D eigenvalue weighted by atomic mass is 35.5. The average Bonchev–Trinajstić information content (AvgIpc) is 3.44. The zero-order valence-corrected chi connectivity index (χ0v) is 27.2. The predicted molar refractivity (Wildman–Crippen MR) is 169 cm³/mol. The number of halogens is 1. The maximum Gasteiger partial charge on any atom is 0.242 e. The molecule has 0 saturated heterocycles. The van der Waals surface area contributed by atoms with Crippen LogP contribution < -0.4 is 5.32 Å². The van der Waals surface area contributed by atoms with Crippen LogP contribution in [-0.2, 0) is 20.0 Å². The van der Waals surface area contributed by atoms with Gasteiger partial charge in [-0.05, 0) is 24.5 Å². The number of carbonyl (C=O) groups excluding carboxylic acids is 1. The van der Waals surface area contributed by atoms with Crippen LogP contribution >= 0.6 is 11.6 Å². The lowest BCUT2D eigenvalue weighted by Crippen LogP contribution is -2.40. The van der Waals surface area contributed by atoms with Crippen LogP contribution in [0.2, 0.25) is 5.02 Å². The van der Waals surface area contributed by atoms with E-state index < -0.39 is 21.0 Å². The molecular weight excluding hydrogens is 558 g/mol. The van der Waals surface area contributed by atoms with Gasteiger partial charge in [-0.25, -0.2) is 13.4 Å².